The van der Waals surface area contributed by atoms with Crippen LogP contribution in [0.2, 0.25) is 0 Å². The zero-order valence-corrected chi connectivity index (χ0v) is 17.8. The Balaban J connectivity index is 1.48. The topological polar surface area (TPSA) is 93.1 Å². The van der Waals surface area contributed by atoms with Gasteiger partial charge in [-0.25, -0.2) is 4.79 Å². The van der Waals surface area contributed by atoms with E-state index in [9.17, 15) is 19.8 Å². The summed E-state index contributed by atoms with van der Waals surface area (Å²) in [5.74, 6) is -0.00374. The van der Waals surface area contributed by atoms with Gasteiger partial charge in [0, 0.05) is 19.3 Å². The molecule has 2 aliphatic carbocycles. The molecule has 0 bridgehead atoms. The van der Waals surface area contributed by atoms with E-state index in [1.807, 2.05) is 0 Å². The van der Waals surface area contributed by atoms with Crippen molar-refractivity contribution in [1.29, 1.82) is 0 Å². The van der Waals surface area contributed by atoms with Crippen LogP contribution in [0.4, 0.5) is 0 Å². The van der Waals surface area contributed by atoms with Gasteiger partial charge in [0.15, 0.2) is 5.78 Å². The maximum Gasteiger partial charge on any atom is 0.338 e. The first-order valence-corrected chi connectivity index (χ1v) is 11.1. The molecule has 0 aromatic heterocycles. The third kappa shape index (κ3) is 5.90. The van der Waals surface area contributed by atoms with Crippen molar-refractivity contribution in [2.75, 3.05) is 20.3 Å². The number of rotatable bonds is 8. The van der Waals surface area contributed by atoms with Crippen molar-refractivity contribution < 1.29 is 29.3 Å². The number of ether oxygens (including phenoxy) is 2. The molecule has 0 radical (unpaired) electrons. The average molecular weight is 419 g/mol. The second-order valence-corrected chi connectivity index (χ2v) is 8.83. The normalized spacial score (nSPS) is 28.0. The number of carbonyl (C=O) groups excluding carboxylic acids is 2. The first-order chi connectivity index (χ1) is 14.5. The minimum absolute atomic E-state index is 0.0468. The molecule has 166 valence electrons. The number of aliphatic hydroxyl groups excluding tert-OH is 2. The summed E-state index contributed by atoms with van der Waals surface area (Å²) in [6.07, 6.45) is 6.36. The zero-order chi connectivity index (χ0) is 21.5. The van der Waals surface area contributed by atoms with Crippen molar-refractivity contribution in [3.8, 4) is 0 Å². The van der Waals surface area contributed by atoms with E-state index in [0.717, 1.165) is 51.4 Å². The fourth-order valence-electron chi connectivity index (χ4n) is 4.65. The summed E-state index contributed by atoms with van der Waals surface area (Å²) >= 11 is 0. The maximum atomic E-state index is 12.6. The molecule has 2 N–H and O–H groups in total. The van der Waals surface area contributed by atoms with E-state index in [2.05, 4.69) is 0 Å². The summed E-state index contributed by atoms with van der Waals surface area (Å²) in [6.45, 7) is 0.626. The monoisotopic (exact) mass is 418 g/mol. The largest absolute Gasteiger partial charge is 0.462 e. The van der Waals surface area contributed by atoms with Crippen LogP contribution in [-0.2, 0) is 9.47 Å². The Labute approximate surface area is 178 Å². The molecule has 0 saturated heterocycles. The van der Waals surface area contributed by atoms with E-state index in [1.165, 1.54) is 0 Å². The average Bonchev–Trinajstić information content (AvgIpc) is 2.82. The highest BCUT2D eigenvalue weighted by Crippen LogP contribution is 2.30. The van der Waals surface area contributed by atoms with Gasteiger partial charge in [-0.3, -0.25) is 4.79 Å². The Morgan fingerprint density at radius 1 is 0.933 bits per heavy atom. The molecule has 30 heavy (non-hydrogen) atoms. The van der Waals surface area contributed by atoms with Crippen molar-refractivity contribution >= 4 is 11.8 Å². The molecular weight excluding hydrogens is 384 g/mol. The first-order valence-electron chi connectivity index (χ1n) is 11.1. The SMILES string of the molecule is COC1CCC(C(O)C(=O)c2ccc(C(=O)OCC3CCC(CO)CC3)cc2)CC1. The van der Waals surface area contributed by atoms with Gasteiger partial charge in [-0.2, -0.15) is 0 Å². The predicted molar refractivity (Wildman–Crippen MR) is 112 cm³/mol. The molecule has 6 nitrogen and oxygen atoms in total. The lowest BCUT2D eigenvalue weighted by Crippen LogP contribution is -2.34. The molecule has 2 aliphatic rings. The molecule has 6 heteroatoms. The summed E-state index contributed by atoms with van der Waals surface area (Å²) in [6, 6.07) is 6.37. The lowest BCUT2D eigenvalue weighted by molar-refractivity contribution is 0.0199. The Morgan fingerprint density at radius 2 is 1.50 bits per heavy atom. The minimum atomic E-state index is -1.02. The summed E-state index contributed by atoms with van der Waals surface area (Å²) in [7, 11) is 1.70. The molecule has 0 amide bonds. The molecule has 0 spiro atoms. The van der Waals surface area contributed by atoms with Crippen molar-refractivity contribution in [3.63, 3.8) is 0 Å². The number of hydrogen-bond donors (Lipinski definition) is 2. The van der Waals surface area contributed by atoms with Gasteiger partial charge in [-0.05, 0) is 81.3 Å². The van der Waals surface area contributed by atoms with E-state index in [-0.39, 0.29) is 24.4 Å². The number of methoxy groups -OCH3 is 1. The Hall–Kier alpha value is -1.76. The molecule has 0 aliphatic heterocycles. The highest BCUT2D eigenvalue weighted by molar-refractivity contribution is 6.00. The zero-order valence-electron chi connectivity index (χ0n) is 17.8. The van der Waals surface area contributed by atoms with Crippen molar-refractivity contribution in [2.45, 2.75) is 63.6 Å². The van der Waals surface area contributed by atoms with Gasteiger partial charge in [0.2, 0.25) is 0 Å². The number of hydrogen-bond acceptors (Lipinski definition) is 6. The van der Waals surface area contributed by atoms with Crippen LogP contribution >= 0.6 is 0 Å². The van der Waals surface area contributed by atoms with E-state index >= 15 is 0 Å². The van der Waals surface area contributed by atoms with Gasteiger partial charge < -0.3 is 19.7 Å². The summed E-state index contributed by atoms with van der Waals surface area (Å²) in [5, 5.41) is 19.7. The fourth-order valence-corrected chi connectivity index (χ4v) is 4.65. The van der Waals surface area contributed by atoms with Crippen LogP contribution in [0.15, 0.2) is 24.3 Å². The minimum Gasteiger partial charge on any atom is -0.462 e. The number of aliphatic hydroxyl groups is 2. The van der Waals surface area contributed by atoms with E-state index in [4.69, 9.17) is 9.47 Å². The molecule has 1 aromatic carbocycles. The number of Topliss-reactive ketones (excluding diaryl/α,β-unsaturated/α-hetero) is 1. The second kappa shape index (κ2) is 11.0. The van der Waals surface area contributed by atoms with Crippen molar-refractivity contribution in [3.05, 3.63) is 35.4 Å². The predicted octanol–water partition coefficient (Wildman–Crippen LogP) is 3.39. The van der Waals surface area contributed by atoms with Gasteiger partial charge >= 0.3 is 5.97 Å². The molecule has 1 atom stereocenters. The van der Waals surface area contributed by atoms with Crippen LogP contribution in [0.3, 0.4) is 0 Å². The molecular formula is C24H34O6. The Kier molecular flexibility index (Phi) is 8.42. The van der Waals surface area contributed by atoms with Crippen LogP contribution in [0, 0.1) is 17.8 Å². The first kappa shape index (κ1) is 22.9. The molecule has 0 heterocycles. The number of ketones is 1. The third-order valence-corrected chi connectivity index (χ3v) is 6.85. The Bertz CT molecular complexity index is 684. The summed E-state index contributed by atoms with van der Waals surface area (Å²) in [4.78, 5) is 25.0. The van der Waals surface area contributed by atoms with E-state index in [1.54, 1.807) is 31.4 Å². The number of benzene rings is 1. The molecule has 3 rings (SSSR count). The second-order valence-electron chi connectivity index (χ2n) is 8.83. The Morgan fingerprint density at radius 3 is 2.07 bits per heavy atom. The van der Waals surface area contributed by atoms with Crippen molar-refractivity contribution in [2.24, 2.45) is 17.8 Å². The molecule has 1 aromatic rings. The lowest BCUT2D eigenvalue weighted by atomic mass is 9.81. The van der Waals surface area contributed by atoms with Crippen LogP contribution in [-0.4, -0.2) is 54.5 Å². The standard InChI is InChI=1S/C24H34O6/c1-29-21-12-10-19(11-13-21)23(27)22(26)18-6-8-20(9-7-18)24(28)30-15-17-4-2-16(14-25)3-5-17/h6-9,16-17,19,21,23,25,27H,2-5,10-15H2,1H3. The van der Waals surface area contributed by atoms with Gasteiger partial charge in [0.1, 0.15) is 6.10 Å². The van der Waals surface area contributed by atoms with Gasteiger partial charge in [-0.15, -0.1) is 0 Å². The van der Waals surface area contributed by atoms with Crippen LogP contribution in [0.25, 0.3) is 0 Å². The molecule has 2 fully saturated rings. The quantitative estimate of drug-likeness (QED) is 0.497. The van der Waals surface area contributed by atoms with Crippen LogP contribution in [0.1, 0.15) is 72.1 Å². The van der Waals surface area contributed by atoms with Crippen LogP contribution in [0.5, 0.6) is 0 Å². The lowest BCUT2D eigenvalue weighted by Gasteiger charge is -2.30. The maximum absolute atomic E-state index is 12.6. The van der Waals surface area contributed by atoms with Crippen molar-refractivity contribution in [1.82, 2.24) is 0 Å². The summed E-state index contributed by atoms with van der Waals surface area (Å²) < 4.78 is 10.8. The fraction of sp³-hybridized carbons (Fsp3) is 0.667. The highest BCUT2D eigenvalue weighted by Gasteiger charge is 2.31. The van der Waals surface area contributed by atoms with Gasteiger partial charge in [-0.1, -0.05) is 12.1 Å². The van der Waals surface area contributed by atoms with E-state index in [0.29, 0.717) is 29.6 Å². The third-order valence-electron chi connectivity index (χ3n) is 6.85. The highest BCUT2D eigenvalue weighted by atomic mass is 16.5. The smallest absolute Gasteiger partial charge is 0.338 e. The molecule has 1 unspecified atom stereocenters. The van der Waals surface area contributed by atoms with Gasteiger partial charge in [0.05, 0.1) is 18.3 Å². The van der Waals surface area contributed by atoms with E-state index < -0.39 is 12.1 Å². The van der Waals surface area contributed by atoms with Crippen LogP contribution < -0.4 is 0 Å². The number of carbonyl (C=O) groups is 2. The summed E-state index contributed by atoms with van der Waals surface area (Å²) in [5.41, 5.74) is 0.820. The van der Waals surface area contributed by atoms with Gasteiger partial charge in [0.25, 0.3) is 0 Å². The molecule has 2 saturated carbocycles. The number of esters is 1.